The minimum absolute atomic E-state index is 0.0382. The number of nitrogens with zero attached hydrogens (tertiary/aromatic N) is 3. The number of allylic oxidation sites excluding steroid dienone is 3. The van der Waals surface area contributed by atoms with Crippen LogP contribution in [0.1, 0.15) is 55.7 Å². The van der Waals surface area contributed by atoms with Gasteiger partial charge in [-0.05, 0) is 69.4 Å². The highest BCUT2D eigenvalue weighted by molar-refractivity contribution is 5.92. The largest absolute Gasteiger partial charge is 0.466 e. The monoisotopic (exact) mass is 608 g/mol. The lowest BCUT2D eigenvalue weighted by atomic mass is 9.68. The number of carbonyl (C=O) groups is 2. The molecule has 1 saturated heterocycles. The molecule has 9 heteroatoms. The van der Waals surface area contributed by atoms with Gasteiger partial charge in [0.05, 0.1) is 29.2 Å². The number of nitro groups is 1. The molecule has 2 aliphatic heterocycles. The number of esters is 1. The van der Waals surface area contributed by atoms with Crippen molar-refractivity contribution in [3.8, 4) is 0 Å². The molecule has 45 heavy (non-hydrogen) atoms. The Labute approximate surface area is 264 Å². The lowest BCUT2D eigenvalue weighted by Crippen LogP contribution is -2.44. The van der Waals surface area contributed by atoms with E-state index in [1.165, 1.54) is 30.4 Å². The molecule has 1 amide bonds. The summed E-state index contributed by atoms with van der Waals surface area (Å²) in [7, 11) is 1.30. The minimum atomic E-state index is -0.712. The second-order valence-corrected chi connectivity index (χ2v) is 11.8. The van der Waals surface area contributed by atoms with Crippen molar-refractivity contribution < 1.29 is 19.2 Å². The van der Waals surface area contributed by atoms with E-state index in [9.17, 15) is 19.7 Å². The van der Waals surface area contributed by atoms with Crippen LogP contribution in [0.25, 0.3) is 0 Å². The summed E-state index contributed by atoms with van der Waals surface area (Å²) in [6, 6.07) is 27.7. The number of methoxy groups -OCH3 is 1. The predicted molar refractivity (Wildman–Crippen MR) is 173 cm³/mol. The maximum Gasteiger partial charge on any atom is 0.336 e. The number of hydrogen-bond donors (Lipinski definition) is 1. The first kappa shape index (κ1) is 31.7. The summed E-state index contributed by atoms with van der Waals surface area (Å²) in [5, 5.41) is 14.8. The molecule has 0 aromatic heterocycles. The van der Waals surface area contributed by atoms with Gasteiger partial charge in [0.1, 0.15) is 0 Å². The van der Waals surface area contributed by atoms with E-state index in [0.717, 1.165) is 45.3 Å². The van der Waals surface area contributed by atoms with Gasteiger partial charge in [-0.1, -0.05) is 72.8 Å². The SMILES string of the molecule is COC(=O)C1=C(C)NC(C)=C(N(C=O)CCCN2CCC(c3ccccc3)(c3ccccc3)CC2)C1c1cccc([N+](=O)[O-])c1. The third-order valence-electron chi connectivity index (χ3n) is 9.22. The van der Waals surface area contributed by atoms with Crippen molar-refractivity contribution in [2.24, 2.45) is 0 Å². The standard InChI is InChI=1S/C36H40N4O5/c1-26-32(35(42)45-3)33(28-12-10-17-31(24-28)40(43)44)34(27(2)37-26)39(25-41)21-11-20-38-22-18-36(19-23-38,29-13-6-4-7-14-29)30-15-8-5-9-16-30/h4-10,12-17,24-25,33,37H,11,18-23H2,1-3H3. The van der Waals surface area contributed by atoms with Gasteiger partial charge >= 0.3 is 5.97 Å². The molecule has 1 atom stereocenters. The van der Waals surface area contributed by atoms with Gasteiger partial charge in [0.2, 0.25) is 6.41 Å². The lowest BCUT2D eigenvalue weighted by Gasteiger charge is -2.43. The first-order chi connectivity index (χ1) is 21.8. The second kappa shape index (κ2) is 13.9. The smallest absolute Gasteiger partial charge is 0.336 e. The van der Waals surface area contributed by atoms with Gasteiger partial charge in [-0.15, -0.1) is 0 Å². The van der Waals surface area contributed by atoms with E-state index in [1.54, 1.807) is 24.0 Å². The second-order valence-electron chi connectivity index (χ2n) is 11.8. The summed E-state index contributed by atoms with van der Waals surface area (Å²) in [6.45, 7) is 6.71. The topological polar surface area (TPSA) is 105 Å². The molecule has 5 rings (SSSR count). The number of dihydropyridines is 1. The zero-order chi connectivity index (χ0) is 32.0. The number of piperidine rings is 1. The third-order valence-corrected chi connectivity index (χ3v) is 9.22. The highest BCUT2D eigenvalue weighted by Gasteiger charge is 2.39. The Kier molecular flexibility index (Phi) is 9.78. The van der Waals surface area contributed by atoms with Gasteiger partial charge in [-0.2, -0.15) is 0 Å². The molecular weight excluding hydrogens is 568 g/mol. The first-order valence-corrected chi connectivity index (χ1v) is 15.4. The summed E-state index contributed by atoms with van der Waals surface area (Å²) in [5.74, 6) is -1.27. The van der Waals surface area contributed by atoms with Crippen LogP contribution in [0, 0.1) is 10.1 Å². The van der Waals surface area contributed by atoms with Crippen LogP contribution in [0.5, 0.6) is 0 Å². The molecule has 0 bridgehead atoms. The number of ether oxygens (including phenoxy) is 1. The van der Waals surface area contributed by atoms with Crippen molar-refractivity contribution in [1.29, 1.82) is 0 Å². The molecule has 0 radical (unpaired) electrons. The van der Waals surface area contributed by atoms with E-state index in [0.29, 0.717) is 34.8 Å². The molecule has 1 N–H and O–H groups in total. The average Bonchev–Trinajstić information content (AvgIpc) is 3.07. The third kappa shape index (κ3) is 6.54. The van der Waals surface area contributed by atoms with Crippen LogP contribution in [0.3, 0.4) is 0 Å². The molecule has 2 aliphatic rings. The maximum atomic E-state index is 13.0. The van der Waals surface area contributed by atoms with Crippen LogP contribution in [0.4, 0.5) is 5.69 Å². The maximum absolute atomic E-state index is 13.0. The number of nitro benzene ring substituents is 1. The van der Waals surface area contributed by atoms with Crippen molar-refractivity contribution >= 4 is 18.1 Å². The fraction of sp³-hybridized carbons (Fsp3) is 0.333. The fourth-order valence-electron chi connectivity index (χ4n) is 7.00. The van der Waals surface area contributed by atoms with E-state index in [1.807, 2.05) is 6.92 Å². The van der Waals surface area contributed by atoms with Gasteiger partial charge in [0.15, 0.2) is 0 Å². The zero-order valence-electron chi connectivity index (χ0n) is 26.1. The molecule has 2 heterocycles. The van der Waals surface area contributed by atoms with E-state index in [2.05, 4.69) is 70.9 Å². The van der Waals surface area contributed by atoms with Crippen LogP contribution in [0.2, 0.25) is 0 Å². The number of non-ortho nitro benzene ring substituents is 1. The number of benzene rings is 3. The fourth-order valence-corrected chi connectivity index (χ4v) is 7.00. The van der Waals surface area contributed by atoms with Crippen molar-refractivity contribution in [2.45, 2.75) is 44.4 Å². The van der Waals surface area contributed by atoms with Gasteiger partial charge in [-0.3, -0.25) is 14.9 Å². The molecule has 3 aromatic rings. The summed E-state index contributed by atoms with van der Waals surface area (Å²) in [4.78, 5) is 40.9. The minimum Gasteiger partial charge on any atom is -0.466 e. The molecule has 234 valence electrons. The van der Waals surface area contributed by atoms with E-state index in [-0.39, 0.29) is 11.1 Å². The van der Waals surface area contributed by atoms with E-state index >= 15 is 0 Å². The number of hydrogen-bond acceptors (Lipinski definition) is 7. The quantitative estimate of drug-likeness (QED) is 0.125. The molecule has 1 unspecified atom stereocenters. The number of rotatable bonds is 11. The van der Waals surface area contributed by atoms with Crippen LogP contribution in [0.15, 0.2) is 108 Å². The number of carbonyl (C=O) groups excluding carboxylic acids is 2. The highest BCUT2D eigenvalue weighted by Crippen LogP contribution is 2.43. The van der Waals surface area contributed by atoms with Gasteiger partial charge in [-0.25, -0.2) is 4.79 Å². The number of amides is 1. The zero-order valence-corrected chi connectivity index (χ0v) is 26.1. The Hall–Kier alpha value is -4.76. The molecule has 0 saturated carbocycles. The van der Waals surface area contributed by atoms with Gasteiger partial charge < -0.3 is 19.9 Å². The molecule has 1 fully saturated rings. The first-order valence-electron chi connectivity index (χ1n) is 15.4. The summed E-state index contributed by atoms with van der Waals surface area (Å²) in [6.07, 6.45) is 3.49. The lowest BCUT2D eigenvalue weighted by molar-refractivity contribution is -0.384. The van der Waals surface area contributed by atoms with Crippen LogP contribution >= 0.6 is 0 Å². The van der Waals surface area contributed by atoms with Gasteiger partial charge in [0.25, 0.3) is 5.69 Å². The Morgan fingerprint density at radius 1 is 1.00 bits per heavy atom. The van der Waals surface area contributed by atoms with Crippen LogP contribution in [-0.2, 0) is 19.7 Å². The molecule has 0 spiro atoms. The Morgan fingerprint density at radius 3 is 2.18 bits per heavy atom. The molecular formula is C36H40N4O5. The molecule has 3 aromatic carbocycles. The van der Waals surface area contributed by atoms with E-state index in [4.69, 9.17) is 4.74 Å². The predicted octanol–water partition coefficient (Wildman–Crippen LogP) is 5.89. The van der Waals surface area contributed by atoms with Crippen molar-refractivity contribution in [3.05, 3.63) is 134 Å². The Balaban J connectivity index is 1.33. The van der Waals surface area contributed by atoms with Crippen molar-refractivity contribution in [3.63, 3.8) is 0 Å². The summed E-state index contributed by atoms with van der Waals surface area (Å²) < 4.78 is 5.12. The Bertz CT molecular complexity index is 1550. The highest BCUT2D eigenvalue weighted by atomic mass is 16.6. The number of likely N-dealkylation sites (tertiary alicyclic amines) is 1. The van der Waals surface area contributed by atoms with Crippen LogP contribution in [-0.4, -0.2) is 60.4 Å². The van der Waals surface area contributed by atoms with Crippen molar-refractivity contribution in [2.75, 3.05) is 33.3 Å². The number of nitrogens with one attached hydrogen (secondary N) is 1. The van der Waals surface area contributed by atoms with E-state index < -0.39 is 16.8 Å². The summed E-state index contributed by atoms with van der Waals surface area (Å²) >= 11 is 0. The average molecular weight is 609 g/mol. The Morgan fingerprint density at radius 2 is 1.62 bits per heavy atom. The normalized spacial score (nSPS) is 18.2. The molecule has 9 nitrogen and oxygen atoms in total. The van der Waals surface area contributed by atoms with Crippen molar-refractivity contribution in [1.82, 2.24) is 15.1 Å². The van der Waals surface area contributed by atoms with Gasteiger partial charge in [0, 0.05) is 35.5 Å². The molecule has 0 aliphatic carbocycles. The van der Waals surface area contributed by atoms with Crippen LogP contribution < -0.4 is 5.32 Å². The summed E-state index contributed by atoms with van der Waals surface area (Å²) in [5.41, 5.74) is 5.29.